The highest BCUT2D eigenvalue weighted by Gasteiger charge is 2.24. The maximum absolute atomic E-state index is 5.11. The molecule has 1 heteroatoms. The first-order valence-electron chi connectivity index (χ1n) is 9.37. The molecule has 2 aliphatic carbocycles. The molecular weight excluding hydrogens is 326 g/mol. The fraction of sp³-hybridized carbons (Fsp3) is 0.0385. The molecule has 1 nitrogen and oxygen atoms in total. The third-order valence-corrected chi connectivity index (χ3v) is 5.68. The lowest BCUT2D eigenvalue weighted by Crippen LogP contribution is -1.97. The van der Waals surface area contributed by atoms with Crippen molar-refractivity contribution in [3.63, 3.8) is 0 Å². The maximum atomic E-state index is 5.11. The van der Waals surface area contributed by atoms with Gasteiger partial charge >= 0.3 is 0 Å². The summed E-state index contributed by atoms with van der Waals surface area (Å²) < 4.78 is 0. The van der Waals surface area contributed by atoms with E-state index in [4.69, 9.17) is 4.99 Å². The SMILES string of the molecule is c1ccc2c(c1)Cc1ccc(N=C3c4ccccc4-c4ccccc43)cc1-2. The van der Waals surface area contributed by atoms with E-state index in [1.807, 2.05) is 0 Å². The van der Waals surface area contributed by atoms with Gasteiger partial charge in [-0.15, -0.1) is 0 Å². The van der Waals surface area contributed by atoms with E-state index >= 15 is 0 Å². The molecule has 0 unspecified atom stereocenters. The first-order valence-corrected chi connectivity index (χ1v) is 9.37. The van der Waals surface area contributed by atoms with E-state index in [1.54, 1.807) is 0 Å². The van der Waals surface area contributed by atoms with E-state index in [0.29, 0.717) is 0 Å². The third-order valence-electron chi connectivity index (χ3n) is 5.68. The van der Waals surface area contributed by atoms with Crippen molar-refractivity contribution in [3.05, 3.63) is 113 Å². The highest BCUT2D eigenvalue weighted by atomic mass is 14.8. The molecule has 2 aliphatic rings. The van der Waals surface area contributed by atoms with Crippen molar-refractivity contribution in [2.45, 2.75) is 6.42 Å². The summed E-state index contributed by atoms with van der Waals surface area (Å²) in [5.41, 5.74) is 12.6. The fourth-order valence-electron chi connectivity index (χ4n) is 4.42. The Morgan fingerprint density at radius 1 is 0.481 bits per heavy atom. The highest BCUT2D eigenvalue weighted by molar-refractivity contribution is 6.25. The summed E-state index contributed by atoms with van der Waals surface area (Å²) in [6, 6.07) is 32.5. The van der Waals surface area contributed by atoms with E-state index in [9.17, 15) is 0 Å². The standard InChI is InChI=1S/C26H17N/c1-2-8-20-17(7-1)15-18-13-14-19(16-25(18)20)27-26-23-11-5-3-9-21(23)22-10-4-6-12-24(22)26/h1-14,16H,15H2. The molecule has 0 bridgehead atoms. The van der Waals surface area contributed by atoms with Crippen molar-refractivity contribution in [3.8, 4) is 22.3 Å². The van der Waals surface area contributed by atoms with Crippen LogP contribution in [0.4, 0.5) is 5.69 Å². The molecule has 0 heterocycles. The number of hydrogen-bond donors (Lipinski definition) is 0. The summed E-state index contributed by atoms with van der Waals surface area (Å²) >= 11 is 0. The van der Waals surface area contributed by atoms with E-state index in [-0.39, 0.29) is 0 Å². The Balaban J connectivity index is 1.54. The van der Waals surface area contributed by atoms with Gasteiger partial charge in [0.2, 0.25) is 0 Å². The second-order valence-electron chi connectivity index (χ2n) is 7.23. The van der Waals surface area contributed by atoms with Gasteiger partial charge in [0.25, 0.3) is 0 Å². The van der Waals surface area contributed by atoms with Crippen LogP contribution < -0.4 is 0 Å². The summed E-state index contributed by atoms with van der Waals surface area (Å²) in [4.78, 5) is 5.11. The average molecular weight is 343 g/mol. The van der Waals surface area contributed by atoms with Gasteiger partial charge in [0.15, 0.2) is 0 Å². The average Bonchev–Trinajstić information content (AvgIpc) is 3.25. The van der Waals surface area contributed by atoms with Gasteiger partial charge in [-0.2, -0.15) is 0 Å². The van der Waals surface area contributed by atoms with Crippen LogP contribution in [0, 0.1) is 0 Å². The number of rotatable bonds is 1. The Labute approximate surface area is 158 Å². The van der Waals surface area contributed by atoms with Crippen molar-refractivity contribution >= 4 is 11.4 Å². The second-order valence-corrected chi connectivity index (χ2v) is 7.23. The predicted molar refractivity (Wildman–Crippen MR) is 112 cm³/mol. The van der Waals surface area contributed by atoms with E-state index in [1.165, 1.54) is 44.5 Å². The van der Waals surface area contributed by atoms with Crippen molar-refractivity contribution in [2.24, 2.45) is 4.99 Å². The van der Waals surface area contributed by atoms with E-state index in [0.717, 1.165) is 17.8 Å². The van der Waals surface area contributed by atoms with Crippen LogP contribution >= 0.6 is 0 Å². The van der Waals surface area contributed by atoms with Crippen LogP contribution in [-0.2, 0) is 6.42 Å². The zero-order valence-electron chi connectivity index (χ0n) is 14.8. The minimum atomic E-state index is 1.02. The Bertz CT molecular complexity index is 1200. The van der Waals surface area contributed by atoms with Crippen molar-refractivity contribution in [1.82, 2.24) is 0 Å². The van der Waals surface area contributed by atoms with Crippen LogP contribution in [0.3, 0.4) is 0 Å². The van der Waals surface area contributed by atoms with Gasteiger partial charge in [-0.05, 0) is 51.9 Å². The fourth-order valence-corrected chi connectivity index (χ4v) is 4.42. The maximum Gasteiger partial charge on any atom is 0.0794 e. The zero-order valence-corrected chi connectivity index (χ0v) is 14.8. The molecule has 4 aromatic carbocycles. The number of nitrogens with zero attached hydrogens (tertiary/aromatic N) is 1. The normalized spacial score (nSPS) is 13.0. The van der Waals surface area contributed by atoms with Crippen molar-refractivity contribution in [1.29, 1.82) is 0 Å². The first-order chi connectivity index (χ1) is 13.4. The molecule has 27 heavy (non-hydrogen) atoms. The summed E-state index contributed by atoms with van der Waals surface area (Å²) in [5, 5.41) is 0. The van der Waals surface area contributed by atoms with Crippen LogP contribution in [0.1, 0.15) is 22.3 Å². The van der Waals surface area contributed by atoms with E-state index < -0.39 is 0 Å². The molecule has 0 radical (unpaired) electrons. The molecule has 6 rings (SSSR count). The van der Waals surface area contributed by atoms with Gasteiger partial charge in [0.1, 0.15) is 0 Å². The number of aliphatic imine (C=N–C) groups is 1. The predicted octanol–water partition coefficient (Wildman–Crippen LogP) is 6.41. The van der Waals surface area contributed by atoms with Crippen LogP contribution in [-0.4, -0.2) is 5.71 Å². The monoisotopic (exact) mass is 343 g/mol. The molecule has 0 aromatic heterocycles. The number of benzene rings is 4. The van der Waals surface area contributed by atoms with Crippen LogP contribution in [0.5, 0.6) is 0 Å². The van der Waals surface area contributed by atoms with Gasteiger partial charge in [0.05, 0.1) is 11.4 Å². The Morgan fingerprint density at radius 2 is 1.04 bits per heavy atom. The van der Waals surface area contributed by atoms with Gasteiger partial charge in [-0.1, -0.05) is 78.9 Å². The quantitative estimate of drug-likeness (QED) is 0.327. The zero-order chi connectivity index (χ0) is 17.8. The summed E-state index contributed by atoms with van der Waals surface area (Å²) in [6.07, 6.45) is 1.02. The van der Waals surface area contributed by atoms with Gasteiger partial charge < -0.3 is 0 Å². The van der Waals surface area contributed by atoms with E-state index in [2.05, 4.69) is 91.0 Å². The van der Waals surface area contributed by atoms with Crippen LogP contribution in [0.15, 0.2) is 96.0 Å². The first kappa shape index (κ1) is 14.7. The minimum absolute atomic E-state index is 1.02. The van der Waals surface area contributed by atoms with Crippen LogP contribution in [0.25, 0.3) is 22.3 Å². The van der Waals surface area contributed by atoms with Gasteiger partial charge in [0, 0.05) is 11.1 Å². The lowest BCUT2D eigenvalue weighted by molar-refractivity contribution is 1.26. The molecule has 0 atom stereocenters. The molecular formula is C26H17N. The molecule has 0 N–H and O–H groups in total. The van der Waals surface area contributed by atoms with Gasteiger partial charge in [-0.25, -0.2) is 4.99 Å². The molecule has 0 aliphatic heterocycles. The number of hydrogen-bond acceptors (Lipinski definition) is 1. The largest absolute Gasteiger partial charge is 0.248 e. The second kappa shape index (κ2) is 5.52. The lowest BCUT2D eigenvalue weighted by Gasteiger charge is -2.05. The molecule has 0 amide bonds. The van der Waals surface area contributed by atoms with Crippen LogP contribution in [0.2, 0.25) is 0 Å². The van der Waals surface area contributed by atoms with Crippen molar-refractivity contribution < 1.29 is 0 Å². The number of fused-ring (bicyclic) bond motifs is 6. The van der Waals surface area contributed by atoms with Crippen molar-refractivity contribution in [2.75, 3.05) is 0 Å². The molecule has 0 saturated heterocycles. The smallest absolute Gasteiger partial charge is 0.0794 e. The Morgan fingerprint density at radius 3 is 1.74 bits per heavy atom. The topological polar surface area (TPSA) is 12.4 Å². The molecule has 0 fully saturated rings. The Hall–Kier alpha value is -3.45. The van der Waals surface area contributed by atoms with Gasteiger partial charge in [-0.3, -0.25) is 0 Å². The molecule has 4 aromatic rings. The minimum Gasteiger partial charge on any atom is -0.248 e. The Kier molecular flexibility index (Phi) is 3.00. The third kappa shape index (κ3) is 2.15. The molecule has 126 valence electrons. The molecule has 0 saturated carbocycles. The highest BCUT2D eigenvalue weighted by Crippen LogP contribution is 2.40. The summed E-state index contributed by atoms with van der Waals surface area (Å²) in [5.74, 6) is 0. The summed E-state index contributed by atoms with van der Waals surface area (Å²) in [6.45, 7) is 0. The summed E-state index contributed by atoms with van der Waals surface area (Å²) in [7, 11) is 0. The lowest BCUT2D eigenvalue weighted by atomic mass is 10.0. The molecule has 0 spiro atoms.